The van der Waals surface area contributed by atoms with E-state index in [9.17, 15) is 9.59 Å². The van der Waals surface area contributed by atoms with Crippen LogP contribution in [0.15, 0.2) is 23.8 Å². The number of carbonyl (C=O) groups is 2. The van der Waals surface area contributed by atoms with Gasteiger partial charge in [-0.25, -0.2) is 4.79 Å². The molecule has 0 bridgehead atoms. The number of epoxide rings is 1. The van der Waals surface area contributed by atoms with Crippen LogP contribution in [0.4, 0.5) is 0 Å². The topological polar surface area (TPSA) is 55.9 Å². The van der Waals surface area contributed by atoms with E-state index in [-0.39, 0.29) is 29.3 Å². The van der Waals surface area contributed by atoms with Crippen LogP contribution in [0.1, 0.15) is 59.3 Å². The first-order valence-electron chi connectivity index (χ1n) is 9.09. The van der Waals surface area contributed by atoms with Crippen molar-refractivity contribution in [2.45, 2.75) is 77.1 Å². The van der Waals surface area contributed by atoms with Gasteiger partial charge < -0.3 is 9.47 Å². The smallest absolute Gasteiger partial charge is 0.334 e. The van der Waals surface area contributed by atoms with Crippen molar-refractivity contribution >= 4 is 11.8 Å². The molecule has 132 valence electrons. The number of esters is 1. The number of ether oxygens (including phenoxy) is 2. The second-order valence-corrected chi connectivity index (χ2v) is 7.90. The number of fused-ring (bicyclic) bond motifs is 2. The normalized spacial score (nSPS) is 43.1. The van der Waals surface area contributed by atoms with Crippen molar-refractivity contribution in [3.63, 3.8) is 0 Å². The first-order valence-corrected chi connectivity index (χ1v) is 9.09. The van der Waals surface area contributed by atoms with Crippen molar-refractivity contribution in [2.24, 2.45) is 11.8 Å². The summed E-state index contributed by atoms with van der Waals surface area (Å²) in [6, 6.07) is 0. The Morgan fingerprint density at radius 3 is 2.83 bits per heavy atom. The first-order chi connectivity index (χ1) is 11.3. The molecule has 0 aromatic heterocycles. The Kier molecular flexibility index (Phi) is 4.69. The number of hydrogen-bond acceptors (Lipinski definition) is 4. The summed E-state index contributed by atoms with van der Waals surface area (Å²) in [5.74, 6) is -0.722. The average Bonchev–Trinajstić information content (AvgIpc) is 3.08. The van der Waals surface area contributed by atoms with Gasteiger partial charge in [0, 0.05) is 17.4 Å². The number of rotatable bonds is 0. The van der Waals surface area contributed by atoms with Crippen LogP contribution >= 0.6 is 0 Å². The molecule has 2 fully saturated rings. The fourth-order valence-electron chi connectivity index (χ4n) is 3.99. The van der Waals surface area contributed by atoms with Crippen LogP contribution in [0, 0.1) is 11.8 Å². The van der Waals surface area contributed by atoms with Crippen LogP contribution < -0.4 is 0 Å². The van der Waals surface area contributed by atoms with Crippen molar-refractivity contribution in [2.75, 3.05) is 0 Å². The van der Waals surface area contributed by atoms with E-state index < -0.39 is 12.1 Å². The fraction of sp³-hybridized carbons (Fsp3) is 0.700. The summed E-state index contributed by atoms with van der Waals surface area (Å²) in [7, 11) is 0. The molecule has 0 saturated carbocycles. The highest BCUT2D eigenvalue weighted by atomic mass is 16.6. The summed E-state index contributed by atoms with van der Waals surface area (Å²) in [5.41, 5.74) is 1.67. The van der Waals surface area contributed by atoms with E-state index in [1.54, 1.807) is 0 Å². The lowest BCUT2D eigenvalue weighted by Gasteiger charge is -2.20. The van der Waals surface area contributed by atoms with Crippen LogP contribution in [0.3, 0.4) is 0 Å². The van der Waals surface area contributed by atoms with Crippen LogP contribution in [0.25, 0.3) is 0 Å². The van der Waals surface area contributed by atoms with Gasteiger partial charge in [-0.2, -0.15) is 0 Å². The lowest BCUT2D eigenvalue weighted by Crippen LogP contribution is -2.33. The summed E-state index contributed by atoms with van der Waals surface area (Å²) in [6.45, 7) is 10.1. The van der Waals surface area contributed by atoms with E-state index in [0.717, 1.165) is 32.1 Å². The third kappa shape index (κ3) is 3.34. The summed E-state index contributed by atoms with van der Waals surface area (Å²) >= 11 is 0. The predicted molar refractivity (Wildman–Crippen MR) is 91.4 cm³/mol. The molecule has 0 spiro atoms. The Morgan fingerprint density at radius 2 is 2.08 bits per heavy atom. The predicted octanol–water partition coefficient (Wildman–Crippen LogP) is 3.75. The second-order valence-electron chi connectivity index (χ2n) is 7.90. The summed E-state index contributed by atoms with van der Waals surface area (Å²) in [6.07, 6.45) is 7.16. The molecule has 5 atom stereocenters. The maximum Gasteiger partial charge on any atom is 0.334 e. The molecule has 2 heterocycles. The summed E-state index contributed by atoms with van der Waals surface area (Å²) in [5, 5.41) is 0. The Hall–Kier alpha value is -1.42. The maximum absolute atomic E-state index is 12.8. The van der Waals surface area contributed by atoms with E-state index in [1.807, 2.05) is 6.92 Å². The Labute approximate surface area is 144 Å². The van der Waals surface area contributed by atoms with Gasteiger partial charge in [-0.1, -0.05) is 25.2 Å². The zero-order chi connectivity index (χ0) is 17.5. The molecule has 3 aliphatic rings. The van der Waals surface area contributed by atoms with Gasteiger partial charge in [0.1, 0.15) is 0 Å². The molecule has 0 unspecified atom stereocenters. The Balaban J connectivity index is 1.81. The molecule has 0 N–H and O–H groups in total. The minimum absolute atomic E-state index is 0.0352. The molecule has 1 aliphatic carbocycles. The molecule has 0 aromatic rings. The quantitative estimate of drug-likeness (QED) is 0.293. The number of hydrogen-bond donors (Lipinski definition) is 0. The van der Waals surface area contributed by atoms with Crippen molar-refractivity contribution in [3.8, 4) is 0 Å². The SMILES string of the molecule is C=C1C(=O)O[C@@H]2C(=O)[C@@H](C)CCC/C(C)=C/CC[C@@]3(C)O[C@H]3C[C@@H]12. The number of carbonyl (C=O) groups excluding carboxylic acids is 2. The fourth-order valence-corrected chi connectivity index (χ4v) is 3.99. The monoisotopic (exact) mass is 332 g/mol. The van der Waals surface area contributed by atoms with Crippen LogP contribution in [0.5, 0.6) is 0 Å². The molecular weight excluding hydrogens is 304 g/mol. The third-order valence-electron chi connectivity index (χ3n) is 5.92. The molecule has 3 rings (SSSR count). The van der Waals surface area contributed by atoms with E-state index in [2.05, 4.69) is 26.5 Å². The minimum Gasteiger partial charge on any atom is -0.450 e. The molecule has 0 radical (unpaired) electrons. The highest BCUT2D eigenvalue weighted by Crippen LogP contribution is 2.47. The summed E-state index contributed by atoms with van der Waals surface area (Å²) < 4.78 is 11.3. The summed E-state index contributed by atoms with van der Waals surface area (Å²) in [4.78, 5) is 24.8. The van der Waals surface area contributed by atoms with Crippen molar-refractivity contribution in [1.82, 2.24) is 0 Å². The second kappa shape index (κ2) is 6.47. The van der Waals surface area contributed by atoms with Gasteiger partial charge >= 0.3 is 5.97 Å². The van der Waals surface area contributed by atoms with Gasteiger partial charge in [-0.3, -0.25) is 4.79 Å². The van der Waals surface area contributed by atoms with E-state index in [1.165, 1.54) is 5.57 Å². The number of Topliss-reactive ketones (excluding diaryl/α,β-unsaturated/α-hetero) is 1. The highest BCUT2D eigenvalue weighted by Gasteiger charge is 2.55. The maximum atomic E-state index is 12.8. The minimum atomic E-state index is -0.673. The number of allylic oxidation sites excluding steroid dienone is 2. The molecular formula is C20H28O4. The van der Waals surface area contributed by atoms with Crippen LogP contribution in [-0.4, -0.2) is 29.6 Å². The molecule has 4 heteroatoms. The van der Waals surface area contributed by atoms with Crippen LogP contribution in [-0.2, 0) is 19.1 Å². The number of ketones is 1. The highest BCUT2D eigenvalue weighted by molar-refractivity contribution is 5.98. The lowest BCUT2D eigenvalue weighted by atomic mass is 9.82. The first kappa shape index (κ1) is 17.4. The van der Waals surface area contributed by atoms with Crippen molar-refractivity contribution in [1.29, 1.82) is 0 Å². The van der Waals surface area contributed by atoms with Gasteiger partial charge in [0.2, 0.25) is 0 Å². The molecule has 0 aromatic carbocycles. The standard InChI is InChI=1S/C20H28O4/c1-12-7-5-9-13(2)17(21)18-15(14(3)19(22)23-18)11-16-20(4,24-16)10-6-8-12/h8,13,15-16,18H,3,5-7,9-11H2,1-2,4H3/b12-8+/t13-,15-,16-,18-,20+/m0/s1. The van der Waals surface area contributed by atoms with Crippen molar-refractivity contribution < 1.29 is 19.1 Å². The zero-order valence-electron chi connectivity index (χ0n) is 15.0. The van der Waals surface area contributed by atoms with Gasteiger partial charge in [0.05, 0.1) is 11.7 Å². The van der Waals surface area contributed by atoms with Gasteiger partial charge in [0.25, 0.3) is 0 Å². The Bertz CT molecular complexity index is 590. The van der Waals surface area contributed by atoms with Gasteiger partial charge in [-0.05, 0) is 52.4 Å². The largest absolute Gasteiger partial charge is 0.450 e. The van der Waals surface area contributed by atoms with Crippen molar-refractivity contribution in [3.05, 3.63) is 23.8 Å². The van der Waals surface area contributed by atoms with E-state index >= 15 is 0 Å². The van der Waals surface area contributed by atoms with E-state index in [0.29, 0.717) is 12.0 Å². The van der Waals surface area contributed by atoms with Gasteiger partial charge in [-0.15, -0.1) is 0 Å². The van der Waals surface area contributed by atoms with Gasteiger partial charge in [0.15, 0.2) is 11.9 Å². The molecule has 2 aliphatic heterocycles. The lowest BCUT2D eigenvalue weighted by molar-refractivity contribution is -0.148. The molecule has 0 amide bonds. The molecule has 2 saturated heterocycles. The molecule has 4 nitrogen and oxygen atoms in total. The van der Waals surface area contributed by atoms with Crippen LogP contribution in [0.2, 0.25) is 0 Å². The average molecular weight is 332 g/mol. The third-order valence-corrected chi connectivity index (χ3v) is 5.92. The Morgan fingerprint density at radius 1 is 1.33 bits per heavy atom. The zero-order valence-corrected chi connectivity index (χ0v) is 15.0. The molecule has 24 heavy (non-hydrogen) atoms. The van der Waals surface area contributed by atoms with E-state index in [4.69, 9.17) is 9.47 Å².